The van der Waals surface area contributed by atoms with Crippen molar-refractivity contribution in [3.8, 4) is 5.75 Å². The first-order valence-electron chi connectivity index (χ1n) is 7.16. The second-order valence-corrected chi connectivity index (χ2v) is 5.28. The van der Waals surface area contributed by atoms with E-state index in [9.17, 15) is 0 Å². The number of hydrogen-bond acceptors (Lipinski definition) is 2. The fourth-order valence-corrected chi connectivity index (χ4v) is 2.35. The number of nitrogens with zero attached hydrogens (tertiary/aromatic N) is 1. The van der Waals surface area contributed by atoms with Gasteiger partial charge in [0.25, 0.3) is 0 Å². The fraction of sp³-hybridized carbons (Fsp3) is 0.625. The van der Waals surface area contributed by atoms with E-state index in [1.165, 1.54) is 17.5 Å². The van der Waals surface area contributed by atoms with Crippen LogP contribution >= 0.6 is 24.0 Å². The van der Waals surface area contributed by atoms with Gasteiger partial charge < -0.3 is 9.64 Å². The molecule has 1 aromatic rings. The maximum Gasteiger partial charge on any atom is 0.125 e. The average molecular weight is 320 g/mol. The van der Waals surface area contributed by atoms with Crippen LogP contribution in [-0.2, 0) is 0 Å². The topological polar surface area (TPSA) is 12.5 Å². The molecule has 0 amide bonds. The summed E-state index contributed by atoms with van der Waals surface area (Å²) in [4.78, 5) is 2.42. The summed E-state index contributed by atoms with van der Waals surface area (Å²) >= 11 is 5.70. The Morgan fingerprint density at radius 2 is 1.75 bits per heavy atom. The Morgan fingerprint density at radius 1 is 1.10 bits per heavy atom. The third-order valence-electron chi connectivity index (χ3n) is 3.37. The molecule has 0 unspecified atom stereocenters. The van der Waals surface area contributed by atoms with Crippen molar-refractivity contribution in [2.45, 2.75) is 33.6 Å². The summed E-state index contributed by atoms with van der Waals surface area (Å²) in [5, 5.41) is 0. The van der Waals surface area contributed by atoms with Crippen LogP contribution in [0, 0.1) is 13.8 Å². The van der Waals surface area contributed by atoms with Gasteiger partial charge in [-0.2, -0.15) is 0 Å². The van der Waals surface area contributed by atoms with Crippen LogP contribution in [0.2, 0.25) is 0 Å². The third kappa shape index (κ3) is 6.83. The predicted octanol–water partition coefficient (Wildman–Crippen LogP) is 4.44. The Kier molecular flexibility index (Phi) is 11.0. The standard InChI is InChI=1S/C16H26ClNO.ClH/c1-4-18(11-6-5-10-17)12-13-19-16-14(2)8-7-9-15(16)3;/h7-9H,4-6,10-13H2,1-3H3;1H. The number of unbranched alkanes of at least 4 members (excludes halogenated alkanes) is 1. The number of para-hydroxylation sites is 1. The van der Waals surface area contributed by atoms with Crippen molar-refractivity contribution in [3.63, 3.8) is 0 Å². The average Bonchev–Trinajstić information content (AvgIpc) is 2.40. The van der Waals surface area contributed by atoms with Crippen molar-refractivity contribution in [2.24, 2.45) is 0 Å². The van der Waals surface area contributed by atoms with Gasteiger partial charge in [0.15, 0.2) is 0 Å². The summed E-state index contributed by atoms with van der Waals surface area (Å²) in [5.41, 5.74) is 2.43. The number of rotatable bonds is 9. The SMILES string of the molecule is CCN(CCCCCl)CCOc1c(C)cccc1C.Cl. The van der Waals surface area contributed by atoms with Crippen molar-refractivity contribution in [1.82, 2.24) is 4.90 Å². The molecule has 0 atom stereocenters. The predicted molar refractivity (Wildman–Crippen MR) is 90.7 cm³/mol. The number of likely N-dealkylation sites (N-methyl/N-ethyl adjacent to an activating group) is 1. The number of alkyl halides is 1. The Labute approximate surface area is 134 Å². The van der Waals surface area contributed by atoms with Crippen molar-refractivity contribution >= 4 is 24.0 Å². The number of ether oxygens (including phenoxy) is 1. The van der Waals surface area contributed by atoms with Gasteiger partial charge in [-0.15, -0.1) is 24.0 Å². The summed E-state index contributed by atoms with van der Waals surface area (Å²) in [6, 6.07) is 6.27. The second-order valence-electron chi connectivity index (χ2n) is 4.90. The summed E-state index contributed by atoms with van der Waals surface area (Å²) < 4.78 is 5.94. The quantitative estimate of drug-likeness (QED) is 0.492. The highest BCUT2D eigenvalue weighted by atomic mass is 35.5. The molecule has 20 heavy (non-hydrogen) atoms. The lowest BCUT2D eigenvalue weighted by Gasteiger charge is -2.21. The van der Waals surface area contributed by atoms with Gasteiger partial charge in [-0.3, -0.25) is 0 Å². The molecule has 0 N–H and O–H groups in total. The van der Waals surface area contributed by atoms with Crippen LogP contribution in [0.4, 0.5) is 0 Å². The molecule has 0 saturated carbocycles. The van der Waals surface area contributed by atoms with Gasteiger partial charge in [0.1, 0.15) is 12.4 Å². The Balaban J connectivity index is 0.00000361. The number of halogens is 2. The second kappa shape index (κ2) is 11.2. The Morgan fingerprint density at radius 3 is 2.30 bits per heavy atom. The van der Waals surface area contributed by atoms with Crippen molar-refractivity contribution < 1.29 is 4.74 Å². The molecule has 2 nitrogen and oxygen atoms in total. The van der Waals surface area contributed by atoms with Crippen molar-refractivity contribution in [3.05, 3.63) is 29.3 Å². The zero-order valence-corrected chi connectivity index (χ0v) is 14.4. The normalized spacial score (nSPS) is 10.4. The van der Waals surface area contributed by atoms with E-state index in [1.807, 2.05) is 0 Å². The Hall–Kier alpha value is -0.440. The lowest BCUT2D eigenvalue weighted by Crippen LogP contribution is -2.29. The third-order valence-corrected chi connectivity index (χ3v) is 3.64. The summed E-state index contributed by atoms with van der Waals surface area (Å²) in [7, 11) is 0. The first-order valence-corrected chi connectivity index (χ1v) is 7.69. The minimum Gasteiger partial charge on any atom is -0.492 e. The van der Waals surface area contributed by atoms with Crippen molar-refractivity contribution in [2.75, 3.05) is 32.1 Å². The van der Waals surface area contributed by atoms with E-state index in [1.54, 1.807) is 0 Å². The van der Waals surface area contributed by atoms with E-state index in [4.69, 9.17) is 16.3 Å². The summed E-state index contributed by atoms with van der Waals surface area (Å²) in [6.45, 7) is 10.3. The zero-order valence-electron chi connectivity index (χ0n) is 12.8. The van der Waals surface area contributed by atoms with Crippen LogP contribution in [0.15, 0.2) is 18.2 Å². The molecule has 0 aliphatic rings. The highest BCUT2D eigenvalue weighted by Crippen LogP contribution is 2.22. The first kappa shape index (κ1) is 19.6. The van der Waals surface area contributed by atoms with Gasteiger partial charge in [-0.1, -0.05) is 25.1 Å². The maximum absolute atomic E-state index is 5.94. The molecule has 0 aliphatic heterocycles. The highest BCUT2D eigenvalue weighted by Gasteiger charge is 2.05. The fourth-order valence-electron chi connectivity index (χ4n) is 2.16. The molecule has 0 saturated heterocycles. The maximum atomic E-state index is 5.94. The van der Waals surface area contributed by atoms with Crippen LogP contribution in [0.5, 0.6) is 5.75 Å². The number of aryl methyl sites for hydroxylation is 2. The van der Waals surface area contributed by atoms with Gasteiger partial charge in [0, 0.05) is 12.4 Å². The molecule has 1 rings (SSSR count). The first-order chi connectivity index (χ1) is 9.19. The van der Waals surface area contributed by atoms with E-state index in [0.29, 0.717) is 0 Å². The van der Waals surface area contributed by atoms with Gasteiger partial charge in [-0.05, 0) is 50.9 Å². The zero-order chi connectivity index (χ0) is 14.1. The van der Waals surface area contributed by atoms with E-state index in [0.717, 1.165) is 44.3 Å². The summed E-state index contributed by atoms with van der Waals surface area (Å²) in [6.07, 6.45) is 2.26. The number of hydrogen-bond donors (Lipinski definition) is 0. The molecular formula is C16H27Cl2NO. The Bertz CT molecular complexity index is 351. The molecule has 0 heterocycles. The van der Waals surface area contributed by atoms with Gasteiger partial charge in [0.05, 0.1) is 0 Å². The van der Waals surface area contributed by atoms with Crippen molar-refractivity contribution in [1.29, 1.82) is 0 Å². The van der Waals surface area contributed by atoms with Crippen LogP contribution in [0.1, 0.15) is 30.9 Å². The lowest BCUT2D eigenvalue weighted by atomic mass is 10.1. The minimum atomic E-state index is 0. The minimum absolute atomic E-state index is 0. The van der Waals surface area contributed by atoms with Crippen LogP contribution in [0.3, 0.4) is 0 Å². The van der Waals surface area contributed by atoms with E-state index < -0.39 is 0 Å². The van der Waals surface area contributed by atoms with Crippen LogP contribution < -0.4 is 4.74 Å². The molecule has 116 valence electrons. The molecule has 0 radical (unpaired) electrons. The summed E-state index contributed by atoms with van der Waals surface area (Å²) in [5.74, 6) is 1.80. The largest absolute Gasteiger partial charge is 0.492 e. The molecule has 0 spiro atoms. The van der Waals surface area contributed by atoms with E-state index in [-0.39, 0.29) is 12.4 Å². The molecule has 0 aromatic heterocycles. The molecule has 0 fully saturated rings. The van der Waals surface area contributed by atoms with E-state index >= 15 is 0 Å². The lowest BCUT2D eigenvalue weighted by molar-refractivity contribution is 0.212. The molecule has 1 aromatic carbocycles. The van der Waals surface area contributed by atoms with Gasteiger partial charge in [-0.25, -0.2) is 0 Å². The number of benzene rings is 1. The molecule has 0 bridgehead atoms. The molecule has 0 aliphatic carbocycles. The van der Waals surface area contributed by atoms with Crippen LogP contribution in [0.25, 0.3) is 0 Å². The smallest absolute Gasteiger partial charge is 0.125 e. The highest BCUT2D eigenvalue weighted by molar-refractivity contribution is 6.17. The van der Waals surface area contributed by atoms with Gasteiger partial charge >= 0.3 is 0 Å². The molecular weight excluding hydrogens is 293 g/mol. The van der Waals surface area contributed by atoms with Gasteiger partial charge in [0.2, 0.25) is 0 Å². The van der Waals surface area contributed by atoms with Crippen LogP contribution in [-0.4, -0.2) is 37.0 Å². The monoisotopic (exact) mass is 319 g/mol. The molecule has 4 heteroatoms. The van der Waals surface area contributed by atoms with E-state index in [2.05, 4.69) is 43.9 Å².